The number of carbonyl (C=O) groups excluding carboxylic acids is 3. The maximum atomic E-state index is 12.8. The zero-order valence-corrected chi connectivity index (χ0v) is 13.6. The van der Waals surface area contributed by atoms with Gasteiger partial charge in [0.25, 0.3) is 5.91 Å². The molecule has 1 atom stereocenters. The van der Waals surface area contributed by atoms with Crippen molar-refractivity contribution >= 4 is 17.7 Å². The molecular weight excluding hydrogens is 292 g/mol. The standard InChI is InChI=1S/C18H22N2O3/c1-12-6-8-14(9-7-12)15(21)13(2)20-16(22)18(19-17(20)23)10-4-3-5-11-18/h6-9,13H,3-5,10-11H2,1-2H3,(H,19,23)/t13-/m1/s1. The van der Waals surface area contributed by atoms with E-state index in [0.29, 0.717) is 18.4 Å². The van der Waals surface area contributed by atoms with Crippen molar-refractivity contribution in [2.75, 3.05) is 0 Å². The Morgan fingerprint density at radius 2 is 1.74 bits per heavy atom. The van der Waals surface area contributed by atoms with Crippen molar-refractivity contribution in [2.45, 2.75) is 57.5 Å². The summed E-state index contributed by atoms with van der Waals surface area (Å²) in [5.41, 5.74) is 0.801. The van der Waals surface area contributed by atoms with E-state index in [4.69, 9.17) is 0 Å². The molecule has 0 aromatic heterocycles. The summed E-state index contributed by atoms with van der Waals surface area (Å²) in [4.78, 5) is 38.9. The van der Waals surface area contributed by atoms with E-state index in [0.717, 1.165) is 29.7 Å². The van der Waals surface area contributed by atoms with E-state index in [2.05, 4.69) is 5.32 Å². The van der Waals surface area contributed by atoms with Crippen LogP contribution in [0.1, 0.15) is 54.9 Å². The van der Waals surface area contributed by atoms with Crippen LogP contribution in [0.2, 0.25) is 0 Å². The lowest BCUT2D eigenvalue weighted by Gasteiger charge is -2.31. The second kappa shape index (κ2) is 5.80. The summed E-state index contributed by atoms with van der Waals surface area (Å²) in [6, 6.07) is 5.96. The van der Waals surface area contributed by atoms with Crippen LogP contribution in [-0.4, -0.2) is 34.2 Å². The SMILES string of the molecule is Cc1ccc(C(=O)[C@@H](C)N2C(=O)NC3(CCCCC3)C2=O)cc1. The molecule has 0 bridgehead atoms. The second-order valence-corrected chi connectivity index (χ2v) is 6.65. The van der Waals surface area contributed by atoms with Crippen molar-refractivity contribution in [1.82, 2.24) is 10.2 Å². The van der Waals surface area contributed by atoms with E-state index >= 15 is 0 Å². The van der Waals surface area contributed by atoms with E-state index in [1.54, 1.807) is 19.1 Å². The van der Waals surface area contributed by atoms with E-state index in [1.807, 2.05) is 19.1 Å². The fourth-order valence-electron chi connectivity index (χ4n) is 3.56. The number of amides is 3. The third-order valence-electron chi connectivity index (χ3n) is 5.00. The van der Waals surface area contributed by atoms with Crippen molar-refractivity contribution in [1.29, 1.82) is 0 Å². The fourth-order valence-corrected chi connectivity index (χ4v) is 3.56. The van der Waals surface area contributed by atoms with Gasteiger partial charge in [-0.15, -0.1) is 0 Å². The first-order valence-corrected chi connectivity index (χ1v) is 8.21. The lowest BCUT2D eigenvalue weighted by Crippen LogP contribution is -2.49. The highest BCUT2D eigenvalue weighted by atomic mass is 16.2. The number of hydrogen-bond acceptors (Lipinski definition) is 3. The molecule has 1 N–H and O–H groups in total. The number of nitrogens with one attached hydrogen (secondary N) is 1. The number of ketones is 1. The van der Waals surface area contributed by atoms with Crippen LogP contribution in [0.3, 0.4) is 0 Å². The highest BCUT2D eigenvalue weighted by Crippen LogP contribution is 2.34. The molecule has 5 heteroatoms. The van der Waals surface area contributed by atoms with Crippen molar-refractivity contribution in [3.8, 4) is 0 Å². The Morgan fingerprint density at radius 3 is 2.35 bits per heavy atom. The zero-order chi connectivity index (χ0) is 16.6. The molecule has 1 aliphatic carbocycles. The van der Waals surface area contributed by atoms with Crippen LogP contribution in [-0.2, 0) is 4.79 Å². The normalized spacial score (nSPS) is 21.4. The van der Waals surface area contributed by atoms with Gasteiger partial charge in [-0.05, 0) is 26.7 Å². The monoisotopic (exact) mass is 314 g/mol. The predicted octanol–water partition coefficient (Wildman–Crippen LogP) is 2.82. The summed E-state index contributed by atoms with van der Waals surface area (Å²) < 4.78 is 0. The number of imide groups is 1. The van der Waals surface area contributed by atoms with Crippen molar-refractivity contribution in [2.24, 2.45) is 0 Å². The van der Waals surface area contributed by atoms with E-state index in [-0.39, 0.29) is 11.7 Å². The minimum Gasteiger partial charge on any atom is -0.323 e. The maximum Gasteiger partial charge on any atom is 0.325 e. The lowest BCUT2D eigenvalue weighted by atomic mass is 9.81. The molecule has 5 nitrogen and oxygen atoms in total. The van der Waals surface area contributed by atoms with Gasteiger partial charge in [0.15, 0.2) is 5.78 Å². The molecule has 23 heavy (non-hydrogen) atoms. The molecule has 1 spiro atoms. The third-order valence-corrected chi connectivity index (χ3v) is 5.00. The van der Waals surface area contributed by atoms with Crippen LogP contribution < -0.4 is 5.32 Å². The van der Waals surface area contributed by atoms with Crippen molar-refractivity contribution in [3.63, 3.8) is 0 Å². The average molecular weight is 314 g/mol. The summed E-state index contributed by atoms with van der Waals surface area (Å²) >= 11 is 0. The Labute approximate surface area is 136 Å². The van der Waals surface area contributed by atoms with Gasteiger partial charge < -0.3 is 5.32 Å². The number of nitrogens with zero attached hydrogens (tertiary/aromatic N) is 1. The van der Waals surface area contributed by atoms with Gasteiger partial charge in [0.1, 0.15) is 11.6 Å². The molecule has 0 radical (unpaired) electrons. The second-order valence-electron chi connectivity index (χ2n) is 6.65. The molecule has 0 unspecified atom stereocenters. The van der Waals surface area contributed by atoms with Crippen LogP contribution >= 0.6 is 0 Å². The maximum absolute atomic E-state index is 12.8. The summed E-state index contributed by atoms with van der Waals surface area (Å²) in [5, 5.41) is 2.85. The van der Waals surface area contributed by atoms with Crippen LogP contribution in [0.25, 0.3) is 0 Å². The molecule has 3 rings (SSSR count). The van der Waals surface area contributed by atoms with Gasteiger partial charge in [-0.2, -0.15) is 0 Å². The first kappa shape index (κ1) is 15.7. The quantitative estimate of drug-likeness (QED) is 0.689. The molecule has 1 aromatic rings. The number of rotatable bonds is 3. The van der Waals surface area contributed by atoms with Crippen LogP contribution in [0.5, 0.6) is 0 Å². The van der Waals surface area contributed by atoms with E-state index in [1.165, 1.54) is 0 Å². The molecule has 122 valence electrons. The molecule has 1 saturated carbocycles. The lowest BCUT2D eigenvalue weighted by molar-refractivity contribution is -0.133. The predicted molar refractivity (Wildman–Crippen MR) is 86.2 cm³/mol. The summed E-state index contributed by atoms with van der Waals surface area (Å²) in [5.74, 6) is -0.448. The highest BCUT2D eigenvalue weighted by molar-refractivity contribution is 6.12. The molecule has 1 heterocycles. The first-order valence-electron chi connectivity index (χ1n) is 8.21. The molecule has 1 aliphatic heterocycles. The first-order chi connectivity index (χ1) is 10.9. The van der Waals surface area contributed by atoms with Gasteiger partial charge in [-0.1, -0.05) is 49.1 Å². The highest BCUT2D eigenvalue weighted by Gasteiger charge is 2.53. The average Bonchev–Trinajstić information content (AvgIpc) is 2.78. The minimum absolute atomic E-state index is 0.207. The number of carbonyl (C=O) groups is 3. The largest absolute Gasteiger partial charge is 0.325 e. The number of hydrogen-bond donors (Lipinski definition) is 1. The van der Waals surface area contributed by atoms with Crippen LogP contribution in [0.15, 0.2) is 24.3 Å². The Kier molecular flexibility index (Phi) is 3.96. The smallest absolute Gasteiger partial charge is 0.323 e. The minimum atomic E-state index is -0.786. The fraction of sp³-hybridized carbons (Fsp3) is 0.500. The Bertz CT molecular complexity index is 645. The Balaban J connectivity index is 1.82. The summed E-state index contributed by atoms with van der Waals surface area (Å²) in [6.07, 6.45) is 4.28. The molecule has 2 fully saturated rings. The van der Waals surface area contributed by atoms with E-state index in [9.17, 15) is 14.4 Å². The van der Waals surface area contributed by atoms with Gasteiger partial charge in [0.2, 0.25) is 0 Å². The van der Waals surface area contributed by atoms with Crippen molar-refractivity contribution in [3.05, 3.63) is 35.4 Å². The topological polar surface area (TPSA) is 66.5 Å². The Hall–Kier alpha value is -2.17. The summed E-state index contributed by atoms with van der Waals surface area (Å²) in [7, 11) is 0. The summed E-state index contributed by atoms with van der Waals surface area (Å²) in [6.45, 7) is 3.57. The number of Topliss-reactive ketones (excluding diaryl/α,β-unsaturated/α-hetero) is 1. The molecule has 1 saturated heterocycles. The number of benzene rings is 1. The molecular formula is C18H22N2O3. The van der Waals surface area contributed by atoms with Crippen LogP contribution in [0.4, 0.5) is 4.79 Å². The number of aryl methyl sites for hydroxylation is 1. The van der Waals surface area contributed by atoms with Gasteiger partial charge in [0.05, 0.1) is 0 Å². The number of urea groups is 1. The third kappa shape index (κ3) is 2.64. The van der Waals surface area contributed by atoms with Gasteiger partial charge >= 0.3 is 6.03 Å². The molecule has 2 aliphatic rings. The molecule has 3 amide bonds. The Morgan fingerprint density at radius 1 is 1.13 bits per heavy atom. The zero-order valence-electron chi connectivity index (χ0n) is 13.6. The van der Waals surface area contributed by atoms with Gasteiger partial charge in [-0.3, -0.25) is 14.5 Å². The van der Waals surface area contributed by atoms with Gasteiger partial charge in [0, 0.05) is 5.56 Å². The van der Waals surface area contributed by atoms with Crippen molar-refractivity contribution < 1.29 is 14.4 Å². The van der Waals surface area contributed by atoms with E-state index < -0.39 is 17.6 Å². The molecule has 1 aromatic carbocycles. The van der Waals surface area contributed by atoms with Crippen LogP contribution in [0, 0.1) is 6.92 Å². The van der Waals surface area contributed by atoms with Gasteiger partial charge in [-0.25, -0.2) is 4.79 Å².